The molecule has 0 aromatic rings. The summed E-state index contributed by atoms with van der Waals surface area (Å²) in [5.74, 6) is -0.0945. The van der Waals surface area contributed by atoms with E-state index in [1.807, 2.05) is 32.9 Å². The van der Waals surface area contributed by atoms with Crippen molar-refractivity contribution in [1.82, 2.24) is 0 Å². The molecule has 0 amide bonds. The molecule has 0 N–H and O–H groups in total. The number of fused-ring (bicyclic) bond motifs is 1. The Balaban J connectivity index is 2.18. The summed E-state index contributed by atoms with van der Waals surface area (Å²) in [5, 5.41) is 0.0937. The van der Waals surface area contributed by atoms with Crippen LogP contribution >= 0.6 is 0 Å². The first-order valence-electron chi connectivity index (χ1n) is 12.0. The number of allylic oxidation sites excluding steroid dienone is 2. The van der Waals surface area contributed by atoms with Crippen LogP contribution in [0, 0.1) is 23.2 Å². The second-order valence-corrected chi connectivity index (χ2v) is 18.4. The van der Waals surface area contributed by atoms with Crippen LogP contribution in [0.25, 0.3) is 0 Å². The first kappa shape index (κ1) is 29.2. The predicted octanol–water partition coefficient (Wildman–Crippen LogP) is 7.71. The highest BCUT2D eigenvalue weighted by molar-refractivity contribution is 7.87. The Morgan fingerprint density at radius 1 is 1.18 bits per heavy atom. The summed E-state index contributed by atoms with van der Waals surface area (Å²) in [4.78, 5) is 0. The van der Waals surface area contributed by atoms with Gasteiger partial charge in [0.15, 0.2) is 8.32 Å². The topological polar surface area (TPSA) is 52.6 Å². The number of rotatable bonds is 7. The van der Waals surface area contributed by atoms with Crippen molar-refractivity contribution in [2.45, 2.75) is 103 Å². The van der Waals surface area contributed by atoms with Gasteiger partial charge in [-0.1, -0.05) is 34.6 Å². The zero-order chi connectivity index (χ0) is 26.4. The van der Waals surface area contributed by atoms with Crippen LogP contribution in [-0.4, -0.2) is 27.8 Å². The van der Waals surface area contributed by atoms with Gasteiger partial charge in [-0.2, -0.15) is 21.6 Å². The molecule has 0 unspecified atom stereocenters. The molecule has 0 aliphatic heterocycles. The van der Waals surface area contributed by atoms with Crippen molar-refractivity contribution in [3.8, 4) is 0 Å². The average Bonchev–Trinajstić information content (AvgIpc) is 2.96. The monoisotopic (exact) mass is 522 g/mol. The van der Waals surface area contributed by atoms with Gasteiger partial charge >= 0.3 is 15.6 Å². The fourth-order valence-electron chi connectivity index (χ4n) is 5.25. The molecule has 34 heavy (non-hydrogen) atoms. The Bertz CT molecular complexity index is 954. The minimum absolute atomic E-state index is 0.0517. The molecule has 0 aromatic carbocycles. The largest absolute Gasteiger partial charge is 0.534 e. The number of hydrogen-bond acceptors (Lipinski definition) is 4. The van der Waals surface area contributed by atoms with Crippen LogP contribution in [0.1, 0.15) is 74.1 Å². The van der Waals surface area contributed by atoms with E-state index in [-0.39, 0.29) is 34.0 Å². The lowest BCUT2D eigenvalue weighted by Gasteiger charge is -2.42. The molecule has 0 heterocycles. The Hall–Kier alpha value is -1.02. The van der Waals surface area contributed by atoms with Gasteiger partial charge in [0, 0.05) is 5.92 Å². The summed E-state index contributed by atoms with van der Waals surface area (Å²) in [6, 6.07) is 0. The van der Waals surface area contributed by atoms with Crippen molar-refractivity contribution in [3.63, 3.8) is 0 Å². The molecule has 0 spiro atoms. The van der Waals surface area contributed by atoms with Crippen LogP contribution in [0.15, 0.2) is 29.7 Å². The van der Waals surface area contributed by atoms with Gasteiger partial charge in [-0.15, -0.1) is 5.73 Å². The number of alkyl halides is 3. The fourth-order valence-corrected chi connectivity index (χ4v) is 7.46. The Morgan fingerprint density at radius 3 is 2.29 bits per heavy atom. The van der Waals surface area contributed by atoms with Gasteiger partial charge in [-0.05, 0) is 93.1 Å². The maximum absolute atomic E-state index is 12.9. The normalized spacial score (nSPS) is 27.4. The van der Waals surface area contributed by atoms with Gasteiger partial charge in [-0.3, -0.25) is 0 Å². The summed E-state index contributed by atoms with van der Waals surface area (Å²) < 4.78 is 73.0. The van der Waals surface area contributed by atoms with Crippen molar-refractivity contribution >= 4 is 18.4 Å². The molecule has 1 fully saturated rings. The van der Waals surface area contributed by atoms with E-state index in [0.29, 0.717) is 12.8 Å². The van der Waals surface area contributed by atoms with Gasteiger partial charge in [0.1, 0.15) is 5.76 Å². The van der Waals surface area contributed by atoms with E-state index < -0.39 is 29.5 Å². The van der Waals surface area contributed by atoms with Crippen molar-refractivity contribution in [2.75, 3.05) is 0 Å². The van der Waals surface area contributed by atoms with Crippen LogP contribution < -0.4 is 0 Å². The molecule has 2 aliphatic carbocycles. The molecule has 2 rings (SSSR count). The summed E-state index contributed by atoms with van der Waals surface area (Å²) >= 11 is 0. The second-order valence-electron chi connectivity index (χ2n) is 12.2. The van der Waals surface area contributed by atoms with Gasteiger partial charge in [0.25, 0.3) is 0 Å². The molecule has 1 saturated carbocycles. The quantitative estimate of drug-likeness (QED) is 0.149. The van der Waals surface area contributed by atoms with Crippen molar-refractivity contribution in [3.05, 3.63) is 29.7 Å². The zero-order valence-electron chi connectivity index (χ0n) is 22.0. The van der Waals surface area contributed by atoms with Gasteiger partial charge < -0.3 is 8.61 Å². The van der Waals surface area contributed by atoms with Gasteiger partial charge in [0.05, 0.1) is 5.60 Å². The Kier molecular flexibility index (Phi) is 8.12. The Labute approximate surface area is 204 Å². The van der Waals surface area contributed by atoms with E-state index in [1.54, 1.807) is 0 Å². The van der Waals surface area contributed by atoms with E-state index in [1.165, 1.54) is 6.08 Å². The molecule has 0 aromatic heterocycles. The first-order valence-corrected chi connectivity index (χ1v) is 16.3. The molecule has 4 atom stereocenters. The van der Waals surface area contributed by atoms with Crippen LogP contribution in [0.4, 0.5) is 13.2 Å². The minimum atomic E-state index is -5.66. The molecule has 0 radical (unpaired) electrons. The lowest BCUT2D eigenvalue weighted by molar-refractivity contribution is -0.0536. The molecule has 4 nitrogen and oxygen atoms in total. The van der Waals surface area contributed by atoms with Crippen LogP contribution in [0.2, 0.25) is 18.1 Å². The third kappa shape index (κ3) is 6.21. The van der Waals surface area contributed by atoms with Crippen LogP contribution in [0.5, 0.6) is 0 Å². The van der Waals surface area contributed by atoms with Crippen molar-refractivity contribution in [1.29, 1.82) is 0 Å². The van der Waals surface area contributed by atoms with E-state index in [9.17, 15) is 21.6 Å². The summed E-state index contributed by atoms with van der Waals surface area (Å²) in [5.41, 5.74) is -2.92. The predicted molar refractivity (Wildman–Crippen MR) is 132 cm³/mol. The smallest absolute Gasteiger partial charge is 0.408 e. The van der Waals surface area contributed by atoms with Gasteiger partial charge in [0.2, 0.25) is 0 Å². The lowest BCUT2D eigenvalue weighted by atomic mass is 9.64. The van der Waals surface area contributed by atoms with Crippen molar-refractivity contribution in [2.24, 2.45) is 23.2 Å². The summed E-state index contributed by atoms with van der Waals surface area (Å²) in [7, 11) is -7.61. The van der Waals surface area contributed by atoms with Gasteiger partial charge in [-0.25, -0.2) is 0 Å². The van der Waals surface area contributed by atoms with E-state index >= 15 is 0 Å². The lowest BCUT2D eigenvalue weighted by Crippen LogP contribution is -2.46. The second kappa shape index (κ2) is 9.45. The molecule has 196 valence electrons. The molecule has 0 bridgehead atoms. The third-order valence-electron chi connectivity index (χ3n) is 8.02. The third-order valence-corrected chi connectivity index (χ3v) is 13.6. The summed E-state index contributed by atoms with van der Waals surface area (Å²) in [6.07, 6.45) is 8.14. The maximum atomic E-state index is 12.9. The fraction of sp³-hybridized carbons (Fsp3) is 0.800. The van der Waals surface area contributed by atoms with E-state index in [0.717, 1.165) is 12.8 Å². The Morgan fingerprint density at radius 2 is 1.76 bits per heavy atom. The highest BCUT2D eigenvalue weighted by Gasteiger charge is 2.54. The zero-order valence-corrected chi connectivity index (χ0v) is 23.8. The maximum Gasteiger partial charge on any atom is 0.534 e. The van der Waals surface area contributed by atoms with Crippen molar-refractivity contribution < 1.29 is 30.2 Å². The molecule has 9 heteroatoms. The highest BCUT2D eigenvalue weighted by Crippen LogP contribution is 2.58. The number of halogens is 3. The molecular formula is C25H41F3O4SSi. The SMILES string of the molecule is C[C@H](C=C=CC(C)(C)O[Si](C)(C)C(C)(C)C)[C@H]1CC[C@H]2C(OS(=O)(=O)C(F)(F)F)=CCC[C@]12C. The summed E-state index contributed by atoms with van der Waals surface area (Å²) in [6.45, 7) is 19.2. The minimum Gasteiger partial charge on any atom is -0.408 e. The van der Waals surface area contributed by atoms with E-state index in [2.05, 4.69) is 50.7 Å². The standard InChI is InChI=1S/C25H41F3O4SSi/c1-18(12-10-16-23(5,6)32-34(8,9)22(2,3)4)19-14-15-20-21(13-11-17-24(19,20)7)31-33(29,30)25(26,27)28/h12-13,16,18-20H,11,14-15,17H2,1-9H3/t10?,18-,19-,20+,24-/m1/s1. The highest BCUT2D eigenvalue weighted by atomic mass is 32.2. The molecule has 0 saturated heterocycles. The molecule has 2 aliphatic rings. The van der Waals surface area contributed by atoms with Crippen LogP contribution in [-0.2, 0) is 18.7 Å². The van der Waals surface area contributed by atoms with Crippen LogP contribution in [0.3, 0.4) is 0 Å². The average molecular weight is 523 g/mol. The molecular weight excluding hydrogens is 481 g/mol. The first-order chi connectivity index (χ1) is 15.1. The number of hydrogen-bond donors (Lipinski definition) is 0. The van der Waals surface area contributed by atoms with E-state index in [4.69, 9.17) is 4.43 Å².